The van der Waals surface area contributed by atoms with Crippen molar-refractivity contribution in [1.82, 2.24) is 0 Å². The number of benzene rings is 3. The molecule has 0 spiro atoms. The number of aromatic hydroxyl groups is 1. The molecule has 1 amide bonds. The summed E-state index contributed by atoms with van der Waals surface area (Å²) in [4.78, 5) is 15.1. The molecule has 1 fully saturated rings. The lowest BCUT2D eigenvalue weighted by Gasteiger charge is -2.14. The van der Waals surface area contributed by atoms with Crippen molar-refractivity contribution in [3.63, 3.8) is 0 Å². The number of rotatable bonds is 4. The van der Waals surface area contributed by atoms with Crippen LogP contribution in [0.15, 0.2) is 100 Å². The van der Waals surface area contributed by atoms with E-state index in [4.69, 9.17) is 0 Å². The summed E-state index contributed by atoms with van der Waals surface area (Å²) in [5, 5.41) is 18.5. The molecule has 0 aromatic heterocycles. The predicted octanol–water partition coefficient (Wildman–Crippen LogP) is 4.90. The molecule has 142 valence electrons. The van der Waals surface area contributed by atoms with E-state index >= 15 is 0 Å². The minimum atomic E-state index is -0.182. The van der Waals surface area contributed by atoms with Gasteiger partial charge < -0.3 is 5.11 Å². The molecule has 3 aromatic carbocycles. The smallest absolute Gasteiger partial charge is 0.271 e. The Morgan fingerprint density at radius 1 is 0.828 bits per heavy atom. The number of carbonyl (C=O) groups excluding carboxylic acids is 1. The largest absolute Gasteiger partial charge is 0.508 e. The first kappa shape index (κ1) is 18.7. The summed E-state index contributed by atoms with van der Waals surface area (Å²) >= 11 is 1.27. The molecule has 0 atom stereocenters. The van der Waals surface area contributed by atoms with Gasteiger partial charge in [0.1, 0.15) is 5.75 Å². The summed E-state index contributed by atoms with van der Waals surface area (Å²) in [6, 6.07) is 25.7. The zero-order valence-corrected chi connectivity index (χ0v) is 16.2. The molecule has 0 aliphatic carbocycles. The topological polar surface area (TPSA) is 65.3 Å². The van der Waals surface area contributed by atoms with Gasteiger partial charge in [-0.2, -0.15) is 5.10 Å². The maximum atomic E-state index is 13.1. The van der Waals surface area contributed by atoms with Crippen molar-refractivity contribution in [3.8, 4) is 5.75 Å². The van der Waals surface area contributed by atoms with E-state index in [-0.39, 0.29) is 11.7 Å². The number of amides is 1. The Bertz CT molecular complexity index is 1090. The van der Waals surface area contributed by atoms with E-state index in [1.165, 1.54) is 28.8 Å². The first-order valence-electron chi connectivity index (χ1n) is 8.95. The summed E-state index contributed by atoms with van der Waals surface area (Å²) < 4.78 is 0. The number of amidine groups is 1. The van der Waals surface area contributed by atoms with Crippen molar-refractivity contribution in [1.29, 1.82) is 0 Å². The summed E-state index contributed by atoms with van der Waals surface area (Å²) in [5.74, 6) is -0.0492. The van der Waals surface area contributed by atoms with Gasteiger partial charge >= 0.3 is 0 Å². The second kappa shape index (κ2) is 8.58. The summed E-state index contributed by atoms with van der Waals surface area (Å²) in [7, 11) is 0. The van der Waals surface area contributed by atoms with Crippen LogP contribution in [0.5, 0.6) is 5.75 Å². The van der Waals surface area contributed by atoms with Gasteiger partial charge in [0, 0.05) is 0 Å². The van der Waals surface area contributed by atoms with Crippen LogP contribution in [-0.2, 0) is 4.79 Å². The van der Waals surface area contributed by atoms with Crippen molar-refractivity contribution in [3.05, 3.63) is 101 Å². The van der Waals surface area contributed by atoms with E-state index in [0.29, 0.717) is 15.8 Å². The highest BCUT2D eigenvalue weighted by molar-refractivity contribution is 8.19. The molecule has 29 heavy (non-hydrogen) atoms. The zero-order chi connectivity index (χ0) is 20.1. The summed E-state index contributed by atoms with van der Waals surface area (Å²) in [5.41, 5.74) is 2.47. The second-order valence-electron chi connectivity index (χ2n) is 6.22. The number of phenols is 1. The van der Waals surface area contributed by atoms with Gasteiger partial charge in [0.2, 0.25) is 5.17 Å². The Morgan fingerprint density at radius 3 is 2.10 bits per heavy atom. The first-order valence-corrected chi connectivity index (χ1v) is 9.76. The molecule has 1 heterocycles. The van der Waals surface area contributed by atoms with Crippen molar-refractivity contribution in [2.45, 2.75) is 0 Å². The van der Waals surface area contributed by atoms with Crippen LogP contribution in [0.3, 0.4) is 0 Å². The molecule has 0 radical (unpaired) electrons. The van der Waals surface area contributed by atoms with Crippen LogP contribution < -0.4 is 4.90 Å². The van der Waals surface area contributed by atoms with Crippen LogP contribution in [0.4, 0.5) is 5.69 Å². The monoisotopic (exact) mass is 399 g/mol. The van der Waals surface area contributed by atoms with E-state index in [1.54, 1.807) is 18.3 Å². The standard InChI is InChI=1S/C23H17N3O2S/c27-20-13-11-19(12-14-20)26-22(28)21(15-17-7-3-1-4-8-17)29-23(26)25-24-16-18-9-5-2-6-10-18/h1-16,27H/b21-15-,24-16?,25-23?. The fourth-order valence-electron chi connectivity index (χ4n) is 2.76. The molecule has 0 saturated carbocycles. The average molecular weight is 399 g/mol. The maximum absolute atomic E-state index is 13.1. The Balaban J connectivity index is 1.69. The van der Waals surface area contributed by atoms with E-state index in [9.17, 15) is 9.90 Å². The minimum absolute atomic E-state index is 0.133. The molecule has 5 nitrogen and oxygen atoms in total. The number of hydrogen-bond donors (Lipinski definition) is 1. The van der Waals surface area contributed by atoms with Crippen LogP contribution in [-0.4, -0.2) is 22.4 Å². The van der Waals surface area contributed by atoms with Crippen LogP contribution >= 0.6 is 11.8 Å². The number of hydrogen-bond acceptors (Lipinski definition) is 5. The van der Waals surface area contributed by atoms with E-state index < -0.39 is 0 Å². The zero-order valence-electron chi connectivity index (χ0n) is 15.3. The average Bonchev–Trinajstić information content (AvgIpc) is 3.05. The lowest BCUT2D eigenvalue weighted by atomic mass is 10.2. The summed E-state index contributed by atoms with van der Waals surface area (Å²) in [6.45, 7) is 0. The molecular formula is C23H17N3O2S. The van der Waals surface area contributed by atoms with E-state index in [2.05, 4.69) is 10.2 Å². The van der Waals surface area contributed by atoms with Gasteiger partial charge in [-0.1, -0.05) is 60.7 Å². The number of thioether (sulfide) groups is 1. The van der Waals surface area contributed by atoms with Gasteiger partial charge in [0.05, 0.1) is 16.8 Å². The molecule has 4 rings (SSSR count). The molecule has 1 saturated heterocycles. The first-order chi connectivity index (χ1) is 14.2. The third-order valence-electron chi connectivity index (χ3n) is 4.16. The van der Waals surface area contributed by atoms with E-state index in [1.807, 2.05) is 66.7 Å². The van der Waals surface area contributed by atoms with Gasteiger partial charge in [0.15, 0.2) is 0 Å². The molecule has 3 aromatic rings. The molecule has 6 heteroatoms. The quantitative estimate of drug-likeness (QED) is 0.385. The molecule has 1 aliphatic heterocycles. The fourth-order valence-corrected chi connectivity index (χ4v) is 3.69. The molecular weight excluding hydrogens is 382 g/mol. The third kappa shape index (κ3) is 4.44. The van der Waals surface area contributed by atoms with Gasteiger partial charge in [-0.25, -0.2) is 0 Å². The Labute approximate surface area is 172 Å². The van der Waals surface area contributed by atoms with Gasteiger partial charge in [-0.3, -0.25) is 9.69 Å². The van der Waals surface area contributed by atoms with Gasteiger partial charge in [-0.15, -0.1) is 5.10 Å². The Kier molecular flexibility index (Phi) is 5.54. The highest BCUT2D eigenvalue weighted by Crippen LogP contribution is 2.36. The Morgan fingerprint density at radius 2 is 1.45 bits per heavy atom. The molecule has 0 bridgehead atoms. The van der Waals surface area contributed by atoms with Gasteiger partial charge in [0.25, 0.3) is 5.91 Å². The maximum Gasteiger partial charge on any atom is 0.271 e. The molecule has 1 N–H and O–H groups in total. The Hall–Kier alpha value is -3.64. The number of nitrogens with zero attached hydrogens (tertiary/aromatic N) is 3. The molecule has 0 unspecified atom stereocenters. The highest BCUT2D eigenvalue weighted by Gasteiger charge is 2.34. The number of carbonyl (C=O) groups is 1. The lowest BCUT2D eigenvalue weighted by molar-refractivity contribution is -0.113. The summed E-state index contributed by atoms with van der Waals surface area (Å²) in [6.07, 6.45) is 3.48. The van der Waals surface area contributed by atoms with Crippen LogP contribution in [0, 0.1) is 0 Å². The SMILES string of the molecule is O=C1/C(=C/c2ccccc2)SC(=NN=Cc2ccccc2)N1c1ccc(O)cc1. The van der Waals surface area contributed by atoms with Gasteiger partial charge in [-0.05, 0) is 53.2 Å². The van der Waals surface area contributed by atoms with Crippen LogP contribution in [0.25, 0.3) is 6.08 Å². The van der Waals surface area contributed by atoms with Crippen LogP contribution in [0.1, 0.15) is 11.1 Å². The second-order valence-corrected chi connectivity index (χ2v) is 7.23. The normalized spacial score (nSPS) is 17.0. The van der Waals surface area contributed by atoms with Crippen LogP contribution in [0.2, 0.25) is 0 Å². The third-order valence-corrected chi connectivity index (χ3v) is 5.12. The fraction of sp³-hybridized carbons (Fsp3) is 0. The number of phenolic OH excluding ortho intramolecular Hbond substituents is 1. The number of anilines is 1. The highest BCUT2D eigenvalue weighted by atomic mass is 32.2. The molecule has 1 aliphatic rings. The van der Waals surface area contributed by atoms with Crippen molar-refractivity contribution in [2.75, 3.05) is 4.90 Å². The van der Waals surface area contributed by atoms with Crippen molar-refractivity contribution >= 4 is 40.8 Å². The minimum Gasteiger partial charge on any atom is -0.508 e. The van der Waals surface area contributed by atoms with E-state index in [0.717, 1.165) is 11.1 Å². The predicted molar refractivity (Wildman–Crippen MR) is 119 cm³/mol. The van der Waals surface area contributed by atoms with Crippen molar-refractivity contribution in [2.24, 2.45) is 10.2 Å². The lowest BCUT2D eigenvalue weighted by Crippen LogP contribution is -2.28. The van der Waals surface area contributed by atoms with Crippen molar-refractivity contribution < 1.29 is 9.90 Å².